The lowest BCUT2D eigenvalue weighted by Crippen LogP contribution is -2.82. The van der Waals surface area contributed by atoms with Crippen molar-refractivity contribution in [2.75, 3.05) is 26.2 Å². The van der Waals surface area contributed by atoms with E-state index in [0.29, 0.717) is 0 Å². The van der Waals surface area contributed by atoms with Crippen LogP contribution in [0.3, 0.4) is 0 Å². The Morgan fingerprint density at radius 1 is 0.636 bits per heavy atom. The normalized spacial score (nSPS) is 7.64. The van der Waals surface area contributed by atoms with Crippen LogP contribution in [0.4, 0.5) is 0 Å². The summed E-state index contributed by atoms with van der Waals surface area (Å²) in [6.07, 6.45) is 0. The van der Waals surface area contributed by atoms with E-state index >= 15 is 0 Å². The van der Waals surface area contributed by atoms with E-state index in [1.54, 1.807) is 0 Å². The second kappa shape index (κ2) is 22.4. The second-order valence-electron chi connectivity index (χ2n) is 2.21. The number of nitrogens with two attached hydrogens (primary N) is 2. The van der Waals surface area contributed by atoms with Gasteiger partial charge in [0.05, 0.1) is 26.2 Å². The first kappa shape index (κ1) is 17.4. The molecule has 0 spiro atoms. The van der Waals surface area contributed by atoms with E-state index in [2.05, 4.69) is 38.3 Å². The summed E-state index contributed by atoms with van der Waals surface area (Å²) in [6.45, 7) is 13.5. The average Bonchev–Trinajstić information content (AvgIpc) is 1.93. The molecule has 0 aliphatic heterocycles. The van der Waals surface area contributed by atoms with E-state index in [1.165, 1.54) is 26.2 Å². The highest BCUT2D eigenvalue weighted by molar-refractivity contribution is 7.37. The standard InChI is InChI=1S/2C4H11N.S/c2*1-3-5-4-2;/h2*5H,3-4H2,1-2H3;/q;;-2/p+2. The third-order valence-corrected chi connectivity index (χ3v) is 1.15. The van der Waals surface area contributed by atoms with Gasteiger partial charge in [-0.3, -0.25) is 0 Å². The summed E-state index contributed by atoms with van der Waals surface area (Å²) in [6, 6.07) is 0. The van der Waals surface area contributed by atoms with E-state index in [4.69, 9.17) is 0 Å². The molecule has 4 N–H and O–H groups in total. The highest BCUT2D eigenvalue weighted by atomic mass is 32.1. The summed E-state index contributed by atoms with van der Waals surface area (Å²) in [7, 11) is 0. The summed E-state index contributed by atoms with van der Waals surface area (Å²) >= 11 is 0. The highest BCUT2D eigenvalue weighted by Crippen LogP contribution is 1.30. The predicted octanol–water partition coefficient (Wildman–Crippen LogP) is -0.823. The van der Waals surface area contributed by atoms with Crippen molar-refractivity contribution in [3.8, 4) is 0 Å². The Hall–Kier alpha value is 0.270. The van der Waals surface area contributed by atoms with Gasteiger partial charge in [-0.15, -0.1) is 0 Å². The largest absolute Gasteiger partial charge is 2.00 e. The third kappa shape index (κ3) is 38.5. The first-order valence-corrected chi connectivity index (χ1v) is 4.46. The summed E-state index contributed by atoms with van der Waals surface area (Å²) < 4.78 is 0. The van der Waals surface area contributed by atoms with Gasteiger partial charge in [0.25, 0.3) is 0 Å². The maximum Gasteiger partial charge on any atom is 0.0726 e. The van der Waals surface area contributed by atoms with Crippen LogP contribution in [-0.2, 0) is 13.5 Å². The van der Waals surface area contributed by atoms with Crippen LogP contribution in [0.2, 0.25) is 0 Å². The number of hydrogen-bond donors (Lipinski definition) is 2. The Bertz CT molecular complexity index is 33.1. The fourth-order valence-electron chi connectivity index (χ4n) is 0.577. The van der Waals surface area contributed by atoms with Crippen molar-refractivity contribution in [2.45, 2.75) is 27.7 Å². The van der Waals surface area contributed by atoms with E-state index in [-0.39, 0.29) is 13.5 Å². The van der Waals surface area contributed by atoms with Crippen LogP contribution in [-0.4, -0.2) is 26.2 Å². The first-order valence-electron chi connectivity index (χ1n) is 4.46. The molecule has 0 rings (SSSR count). The molecule has 0 saturated heterocycles. The fraction of sp³-hybridized carbons (Fsp3) is 1.00. The van der Waals surface area contributed by atoms with Crippen LogP contribution >= 0.6 is 0 Å². The van der Waals surface area contributed by atoms with Crippen LogP contribution < -0.4 is 10.6 Å². The van der Waals surface area contributed by atoms with Gasteiger partial charge in [0, 0.05) is 0 Å². The lowest BCUT2D eigenvalue weighted by Gasteiger charge is -2.00. The molecule has 2 nitrogen and oxygen atoms in total. The van der Waals surface area contributed by atoms with Gasteiger partial charge in [0.15, 0.2) is 0 Å². The van der Waals surface area contributed by atoms with Crippen molar-refractivity contribution >= 4 is 13.5 Å². The molecule has 0 aliphatic carbocycles. The van der Waals surface area contributed by atoms with Crippen molar-refractivity contribution in [3.05, 3.63) is 0 Å². The Morgan fingerprint density at radius 3 is 0.818 bits per heavy atom. The summed E-state index contributed by atoms with van der Waals surface area (Å²) in [5.41, 5.74) is 0. The molecule has 0 amide bonds. The molecule has 3 heteroatoms. The van der Waals surface area contributed by atoms with E-state index in [9.17, 15) is 0 Å². The molecule has 0 heterocycles. The van der Waals surface area contributed by atoms with E-state index in [1.807, 2.05) is 0 Å². The minimum atomic E-state index is 0. The zero-order chi connectivity index (χ0) is 8.24. The molecule has 0 fully saturated rings. The Kier molecular flexibility index (Phi) is 35.5. The summed E-state index contributed by atoms with van der Waals surface area (Å²) in [4.78, 5) is 0. The molecule has 0 atom stereocenters. The van der Waals surface area contributed by atoms with Crippen molar-refractivity contribution < 1.29 is 10.6 Å². The van der Waals surface area contributed by atoms with Gasteiger partial charge in [0.1, 0.15) is 0 Å². The van der Waals surface area contributed by atoms with Gasteiger partial charge >= 0.3 is 0 Å². The molecule has 0 aromatic carbocycles. The van der Waals surface area contributed by atoms with Crippen LogP contribution in [0.1, 0.15) is 27.7 Å². The van der Waals surface area contributed by atoms with Gasteiger partial charge in [-0.2, -0.15) is 0 Å². The minimum absolute atomic E-state index is 0. The molecule has 72 valence electrons. The molecule has 0 bridgehead atoms. The molecule has 0 aliphatic rings. The maximum atomic E-state index is 2.25. The topological polar surface area (TPSA) is 33.2 Å². The monoisotopic (exact) mass is 180 g/mol. The lowest BCUT2D eigenvalue weighted by molar-refractivity contribution is -0.648. The molecule has 11 heavy (non-hydrogen) atoms. The SMILES string of the molecule is CC[NH2+]CC.CC[NH2+]CC.[S-2]. The Labute approximate surface area is 78.6 Å². The predicted molar refractivity (Wildman–Crippen MR) is 53.4 cm³/mol. The molecule has 0 unspecified atom stereocenters. The highest BCUT2D eigenvalue weighted by Gasteiger charge is 1.67. The Morgan fingerprint density at radius 2 is 0.818 bits per heavy atom. The molecule has 0 aromatic heterocycles. The van der Waals surface area contributed by atoms with Gasteiger partial charge in [0.2, 0.25) is 0 Å². The number of quaternary nitrogens is 2. The van der Waals surface area contributed by atoms with Crippen molar-refractivity contribution in [2.24, 2.45) is 0 Å². The van der Waals surface area contributed by atoms with Gasteiger partial charge in [-0.25, -0.2) is 0 Å². The van der Waals surface area contributed by atoms with Crippen LogP contribution in [0.5, 0.6) is 0 Å². The fourth-order valence-corrected chi connectivity index (χ4v) is 0.577. The van der Waals surface area contributed by atoms with E-state index < -0.39 is 0 Å². The number of rotatable bonds is 4. The van der Waals surface area contributed by atoms with Crippen molar-refractivity contribution in [3.63, 3.8) is 0 Å². The van der Waals surface area contributed by atoms with Crippen molar-refractivity contribution in [1.82, 2.24) is 0 Å². The maximum absolute atomic E-state index is 2.25. The third-order valence-electron chi connectivity index (χ3n) is 1.15. The Balaban J connectivity index is -0.000000107. The summed E-state index contributed by atoms with van der Waals surface area (Å²) in [5.74, 6) is 0. The van der Waals surface area contributed by atoms with Gasteiger partial charge in [-0.1, -0.05) is 0 Å². The smallest absolute Gasteiger partial charge is 0.0726 e. The average molecular weight is 180 g/mol. The molecule has 0 saturated carbocycles. The number of hydrogen-bond acceptors (Lipinski definition) is 0. The van der Waals surface area contributed by atoms with Crippen LogP contribution in [0, 0.1) is 0 Å². The van der Waals surface area contributed by atoms with Gasteiger partial charge < -0.3 is 24.1 Å². The van der Waals surface area contributed by atoms with Crippen molar-refractivity contribution in [1.29, 1.82) is 0 Å². The lowest BCUT2D eigenvalue weighted by atomic mass is 10.7. The molecular formula is C8H24N2S. The van der Waals surface area contributed by atoms with Crippen LogP contribution in [0.15, 0.2) is 0 Å². The minimum Gasteiger partial charge on any atom is -2.00 e. The zero-order valence-corrected chi connectivity index (χ0v) is 9.21. The van der Waals surface area contributed by atoms with Crippen LogP contribution in [0.25, 0.3) is 0 Å². The molecule has 0 radical (unpaired) electrons. The quantitative estimate of drug-likeness (QED) is 0.567. The summed E-state index contributed by atoms with van der Waals surface area (Å²) in [5, 5.41) is 4.50. The van der Waals surface area contributed by atoms with E-state index in [0.717, 1.165) is 0 Å². The van der Waals surface area contributed by atoms with Gasteiger partial charge in [-0.05, 0) is 27.7 Å². The first-order chi connectivity index (χ1) is 4.83. The molecular weight excluding hydrogens is 156 g/mol. The zero-order valence-electron chi connectivity index (χ0n) is 8.39. The second-order valence-corrected chi connectivity index (χ2v) is 2.21. The molecule has 0 aromatic rings.